The molecule has 1 amide bonds. The number of hydrogen-bond acceptors (Lipinski definition) is 3. The van der Waals surface area contributed by atoms with Crippen molar-refractivity contribution in [1.29, 1.82) is 0 Å². The van der Waals surface area contributed by atoms with E-state index in [0.29, 0.717) is 6.54 Å². The van der Waals surface area contributed by atoms with E-state index in [4.69, 9.17) is 5.10 Å². The number of carbonyl (C=O) groups excluding carboxylic acids is 1. The fourth-order valence-electron chi connectivity index (χ4n) is 4.92. The van der Waals surface area contributed by atoms with Crippen molar-refractivity contribution in [2.45, 2.75) is 51.7 Å². The van der Waals surface area contributed by atoms with E-state index in [-0.39, 0.29) is 11.9 Å². The number of nitrogens with zero attached hydrogens (tertiary/aromatic N) is 5. The zero-order valence-electron chi connectivity index (χ0n) is 20.0. The molecule has 2 aromatic carbocycles. The van der Waals surface area contributed by atoms with Crippen molar-refractivity contribution < 1.29 is 4.79 Å². The molecular weight excluding hydrogens is 502 g/mol. The highest BCUT2D eigenvalue weighted by molar-refractivity contribution is 9.10. The minimum atomic E-state index is -0.163. The van der Waals surface area contributed by atoms with Gasteiger partial charge in [-0.05, 0) is 30.5 Å². The predicted octanol–water partition coefficient (Wildman–Crippen LogP) is 6.33. The predicted molar refractivity (Wildman–Crippen MR) is 141 cm³/mol. The molecule has 0 bridgehead atoms. The van der Waals surface area contributed by atoms with Crippen molar-refractivity contribution in [2.24, 2.45) is 0 Å². The van der Waals surface area contributed by atoms with Gasteiger partial charge in [0.2, 0.25) is 0 Å². The molecule has 5 rings (SSSR count). The molecule has 0 saturated heterocycles. The van der Waals surface area contributed by atoms with Gasteiger partial charge in [-0.1, -0.05) is 78.2 Å². The maximum Gasteiger partial charge on any atom is 0.273 e. The number of unbranched alkanes of at least 4 members (excludes halogenated alkanes) is 2. The number of amides is 1. The van der Waals surface area contributed by atoms with Gasteiger partial charge >= 0.3 is 0 Å². The van der Waals surface area contributed by atoms with E-state index in [1.807, 2.05) is 40.3 Å². The van der Waals surface area contributed by atoms with Crippen molar-refractivity contribution in [2.75, 3.05) is 6.54 Å². The molecule has 1 aliphatic rings. The van der Waals surface area contributed by atoms with E-state index < -0.39 is 0 Å². The van der Waals surface area contributed by atoms with E-state index in [2.05, 4.69) is 68.8 Å². The van der Waals surface area contributed by atoms with Crippen LogP contribution < -0.4 is 0 Å². The summed E-state index contributed by atoms with van der Waals surface area (Å²) in [6.07, 6.45) is 9.69. The Labute approximate surface area is 214 Å². The fourth-order valence-corrected chi connectivity index (χ4v) is 5.18. The lowest BCUT2D eigenvalue weighted by Gasteiger charge is -2.27. The Bertz CT molecular complexity index is 1260. The van der Waals surface area contributed by atoms with E-state index in [1.165, 1.54) is 0 Å². The van der Waals surface area contributed by atoms with Crippen molar-refractivity contribution >= 4 is 21.8 Å². The summed E-state index contributed by atoms with van der Waals surface area (Å²) in [5, 5.41) is 5.02. The molecule has 0 saturated carbocycles. The number of aryl methyl sites for hydroxylation is 2. The van der Waals surface area contributed by atoms with Crippen LogP contribution in [0, 0.1) is 0 Å². The minimum absolute atomic E-state index is 0.0738. The lowest BCUT2D eigenvalue weighted by Crippen LogP contribution is -2.32. The molecule has 0 radical (unpaired) electrons. The summed E-state index contributed by atoms with van der Waals surface area (Å²) in [6, 6.07) is 18.4. The van der Waals surface area contributed by atoms with E-state index in [0.717, 1.165) is 71.3 Å². The molecule has 0 N–H and O–H groups in total. The van der Waals surface area contributed by atoms with Crippen molar-refractivity contribution in [3.63, 3.8) is 0 Å². The molecule has 7 heteroatoms. The zero-order valence-corrected chi connectivity index (χ0v) is 21.6. The normalized spacial score (nSPS) is 15.1. The summed E-state index contributed by atoms with van der Waals surface area (Å²) in [5.74, 6) is 0.0738. The molecule has 2 aromatic heterocycles. The Morgan fingerprint density at radius 2 is 1.74 bits per heavy atom. The lowest BCUT2D eigenvalue weighted by molar-refractivity contribution is 0.0734. The molecule has 6 nitrogen and oxygen atoms in total. The largest absolute Gasteiger partial charge is 0.337 e. The highest BCUT2D eigenvalue weighted by Crippen LogP contribution is 2.44. The number of fused-ring (bicyclic) bond motifs is 1. The molecule has 3 heterocycles. The topological polar surface area (TPSA) is 56.0 Å². The number of carbonyl (C=O) groups is 1. The summed E-state index contributed by atoms with van der Waals surface area (Å²) >= 11 is 3.56. The zero-order chi connectivity index (χ0) is 24.2. The molecule has 1 atom stereocenters. The molecule has 1 aliphatic heterocycles. The summed E-state index contributed by atoms with van der Waals surface area (Å²) in [7, 11) is 0. The van der Waals surface area contributed by atoms with E-state index in [1.54, 1.807) is 6.20 Å². The summed E-state index contributed by atoms with van der Waals surface area (Å²) in [5.41, 5.74) is 4.84. The second-order valence-electron chi connectivity index (χ2n) is 9.01. The second kappa shape index (κ2) is 10.6. The van der Waals surface area contributed by atoms with Crippen LogP contribution in [0.15, 0.2) is 77.8 Å². The van der Waals surface area contributed by atoms with Gasteiger partial charge in [-0.2, -0.15) is 5.10 Å². The molecule has 180 valence electrons. The van der Waals surface area contributed by atoms with Gasteiger partial charge in [0.25, 0.3) is 5.91 Å². The van der Waals surface area contributed by atoms with Crippen LogP contribution in [-0.2, 0) is 13.1 Å². The molecule has 1 unspecified atom stereocenters. The first-order valence-electron chi connectivity index (χ1n) is 12.4. The van der Waals surface area contributed by atoms with Crippen LogP contribution in [-0.4, -0.2) is 36.7 Å². The molecule has 4 aromatic rings. The first kappa shape index (κ1) is 23.5. The van der Waals surface area contributed by atoms with E-state index >= 15 is 0 Å². The third-order valence-electron chi connectivity index (χ3n) is 6.62. The van der Waals surface area contributed by atoms with Crippen molar-refractivity contribution in [3.8, 4) is 11.3 Å². The van der Waals surface area contributed by atoms with Crippen LogP contribution in [0.4, 0.5) is 0 Å². The second-order valence-corrected chi connectivity index (χ2v) is 9.93. The number of halogens is 1. The van der Waals surface area contributed by atoms with Gasteiger partial charge in [-0.3, -0.25) is 9.48 Å². The Kier molecular flexibility index (Phi) is 7.13. The highest BCUT2D eigenvalue weighted by atomic mass is 79.9. The summed E-state index contributed by atoms with van der Waals surface area (Å²) in [4.78, 5) is 20.2. The molecule has 0 fully saturated rings. The average Bonchev–Trinajstić information content (AvgIpc) is 3.59. The molecule has 0 aliphatic carbocycles. The van der Waals surface area contributed by atoms with Crippen LogP contribution in [0.2, 0.25) is 0 Å². The first-order chi connectivity index (χ1) is 17.2. The van der Waals surface area contributed by atoms with Gasteiger partial charge in [-0.25, -0.2) is 4.98 Å². The number of benzene rings is 2. The number of aromatic nitrogens is 4. The van der Waals surface area contributed by atoms with Crippen LogP contribution in [0.25, 0.3) is 11.3 Å². The Hall–Kier alpha value is -3.19. The number of hydrogen-bond donors (Lipinski definition) is 0. The third kappa shape index (κ3) is 4.82. The van der Waals surface area contributed by atoms with E-state index in [9.17, 15) is 4.79 Å². The van der Waals surface area contributed by atoms with Gasteiger partial charge in [0.05, 0.1) is 18.1 Å². The van der Waals surface area contributed by atoms with Crippen LogP contribution in [0.5, 0.6) is 0 Å². The summed E-state index contributed by atoms with van der Waals surface area (Å²) < 4.78 is 5.05. The van der Waals surface area contributed by atoms with Crippen molar-refractivity contribution in [1.82, 2.24) is 24.2 Å². The average molecular weight is 532 g/mol. The fraction of sp³-hybridized carbons (Fsp3) is 0.321. The van der Waals surface area contributed by atoms with Crippen LogP contribution in [0.1, 0.15) is 60.3 Å². The third-order valence-corrected chi connectivity index (χ3v) is 7.15. The highest BCUT2D eigenvalue weighted by Gasteiger charge is 2.43. The maximum absolute atomic E-state index is 14.0. The lowest BCUT2D eigenvalue weighted by atomic mass is 9.96. The quantitative estimate of drug-likeness (QED) is 0.224. The molecular formula is C28H30BrN5O. The van der Waals surface area contributed by atoms with Gasteiger partial charge in [0.15, 0.2) is 0 Å². The van der Waals surface area contributed by atoms with Crippen LogP contribution in [0.3, 0.4) is 0 Å². The monoisotopic (exact) mass is 531 g/mol. The van der Waals surface area contributed by atoms with Crippen molar-refractivity contribution in [3.05, 3.63) is 94.6 Å². The van der Waals surface area contributed by atoms with Gasteiger partial charge < -0.3 is 9.47 Å². The molecule has 0 spiro atoms. The maximum atomic E-state index is 14.0. The Morgan fingerprint density at radius 1 is 0.943 bits per heavy atom. The number of imidazole rings is 1. The summed E-state index contributed by atoms with van der Waals surface area (Å²) in [6.45, 7) is 4.43. The molecule has 35 heavy (non-hydrogen) atoms. The Morgan fingerprint density at radius 3 is 2.46 bits per heavy atom. The smallest absolute Gasteiger partial charge is 0.273 e. The van der Waals surface area contributed by atoms with Gasteiger partial charge in [0.1, 0.15) is 5.69 Å². The number of rotatable bonds is 10. The van der Waals surface area contributed by atoms with Crippen LogP contribution >= 0.6 is 15.9 Å². The first-order valence-corrected chi connectivity index (χ1v) is 13.1. The minimum Gasteiger partial charge on any atom is -0.337 e. The van der Waals surface area contributed by atoms with Gasteiger partial charge in [-0.15, -0.1) is 0 Å². The standard InChI is InChI=1S/C28H30BrN5O/c1-2-3-7-18-34-27-24(25(31-34)21-9-5-4-6-10-21)26(22-11-13-23(29)14-12-22)33(28(27)35)17-8-16-32-19-15-30-20-32/h4-6,9-15,19-20,26H,2-3,7-8,16-18H2,1H3. The Balaban J connectivity index is 1.57. The SMILES string of the molecule is CCCCCn1nc(-c2ccccc2)c2c1C(=O)N(CCCn1ccnc1)C2c1ccc(Br)cc1. The van der Waals surface area contributed by atoms with Gasteiger partial charge in [0, 0.05) is 47.6 Å².